The molecule has 2 aromatic carbocycles. The summed E-state index contributed by atoms with van der Waals surface area (Å²) in [4.78, 5) is 37.5. The Balaban J connectivity index is 1.30. The second-order valence-electron chi connectivity index (χ2n) is 11.9. The van der Waals surface area contributed by atoms with Gasteiger partial charge < -0.3 is 19.4 Å². The van der Waals surface area contributed by atoms with Crippen molar-refractivity contribution in [2.24, 2.45) is 0 Å². The van der Waals surface area contributed by atoms with E-state index < -0.39 is 0 Å². The summed E-state index contributed by atoms with van der Waals surface area (Å²) in [5, 5.41) is 3.45. The van der Waals surface area contributed by atoms with Crippen LogP contribution in [0.3, 0.4) is 0 Å². The number of carbonyl (C=O) groups excluding carboxylic acids is 1. The lowest BCUT2D eigenvalue weighted by molar-refractivity contribution is -0.128. The van der Waals surface area contributed by atoms with Gasteiger partial charge in [0.05, 0.1) is 16.6 Å². The number of piperazine rings is 1. The highest BCUT2D eigenvalue weighted by Crippen LogP contribution is 2.40. The van der Waals surface area contributed by atoms with Crippen molar-refractivity contribution in [3.63, 3.8) is 0 Å². The van der Waals surface area contributed by atoms with Crippen molar-refractivity contribution in [3.05, 3.63) is 77.6 Å². The molecule has 1 atom stereocenters. The van der Waals surface area contributed by atoms with Gasteiger partial charge in [-0.3, -0.25) is 9.69 Å². The van der Waals surface area contributed by atoms with E-state index in [0.29, 0.717) is 48.7 Å². The molecule has 0 radical (unpaired) electrons. The molecule has 0 N–H and O–H groups in total. The second-order valence-corrected chi connectivity index (χ2v) is 12.3. The highest BCUT2D eigenvalue weighted by atomic mass is 35.5. The predicted molar refractivity (Wildman–Crippen MR) is 173 cm³/mol. The van der Waals surface area contributed by atoms with Crippen LogP contribution in [0.1, 0.15) is 25.7 Å². The molecule has 7 rings (SSSR count). The molecule has 5 heterocycles. The van der Waals surface area contributed by atoms with Gasteiger partial charge in [-0.15, -0.1) is 0 Å². The van der Waals surface area contributed by atoms with Gasteiger partial charge in [-0.25, -0.2) is 11.6 Å². The Morgan fingerprint density at radius 1 is 1.07 bits per heavy atom. The standard InChI is InChI=1S/C34H34ClN7O2/c1-3-29(43)42-19-18-40(21-24(42)20-36-2)32-26-12-13-28(25-10-4-8-23-9-5-11-27(35)30(23)25)37-31(26)38-33(39-32)44-22-34-14-6-16-41(34)17-7-15-34/h3-5,8-13,24H,1,6-7,14-22H2/t24-/m0/s1. The normalized spacial score (nSPS) is 19.7. The van der Waals surface area contributed by atoms with E-state index in [2.05, 4.69) is 21.2 Å². The lowest BCUT2D eigenvalue weighted by Gasteiger charge is -2.39. The highest BCUT2D eigenvalue weighted by molar-refractivity contribution is 6.36. The highest BCUT2D eigenvalue weighted by Gasteiger charge is 2.45. The summed E-state index contributed by atoms with van der Waals surface area (Å²) in [5.41, 5.74) is 2.27. The van der Waals surface area contributed by atoms with Crippen LogP contribution in [0.15, 0.2) is 61.2 Å². The number of benzene rings is 2. The largest absolute Gasteiger partial charge is 0.461 e. The number of rotatable bonds is 7. The van der Waals surface area contributed by atoms with Gasteiger partial charge in [0.25, 0.3) is 0 Å². The molecule has 0 aliphatic carbocycles. The minimum Gasteiger partial charge on any atom is -0.461 e. The van der Waals surface area contributed by atoms with Gasteiger partial charge in [-0.1, -0.05) is 48.5 Å². The Kier molecular flexibility index (Phi) is 7.57. The summed E-state index contributed by atoms with van der Waals surface area (Å²) in [6.45, 7) is 15.6. The van der Waals surface area contributed by atoms with Crippen molar-refractivity contribution in [1.29, 1.82) is 0 Å². The van der Waals surface area contributed by atoms with Gasteiger partial charge in [0.2, 0.25) is 12.5 Å². The van der Waals surface area contributed by atoms with E-state index in [4.69, 9.17) is 37.9 Å². The van der Waals surface area contributed by atoms with E-state index in [0.717, 1.165) is 53.3 Å². The molecule has 44 heavy (non-hydrogen) atoms. The van der Waals surface area contributed by atoms with Crippen molar-refractivity contribution in [1.82, 2.24) is 24.8 Å². The van der Waals surface area contributed by atoms with E-state index in [1.54, 1.807) is 4.90 Å². The van der Waals surface area contributed by atoms with Crippen molar-refractivity contribution in [3.8, 4) is 17.3 Å². The van der Waals surface area contributed by atoms with Gasteiger partial charge >= 0.3 is 6.01 Å². The molecular formula is C34H34ClN7O2. The van der Waals surface area contributed by atoms with Crippen LogP contribution in [0.4, 0.5) is 5.82 Å². The quantitative estimate of drug-likeness (QED) is 0.199. The third kappa shape index (κ3) is 5.02. The first kappa shape index (κ1) is 28.5. The second kappa shape index (κ2) is 11.7. The van der Waals surface area contributed by atoms with E-state index in [-0.39, 0.29) is 24.0 Å². The lowest BCUT2D eigenvalue weighted by Crippen LogP contribution is -2.56. The summed E-state index contributed by atoms with van der Waals surface area (Å²) in [5.74, 6) is 0.541. The van der Waals surface area contributed by atoms with Crippen molar-refractivity contribution < 1.29 is 9.53 Å². The number of fused-ring (bicyclic) bond motifs is 3. The van der Waals surface area contributed by atoms with Crippen LogP contribution in [0.25, 0.3) is 37.9 Å². The van der Waals surface area contributed by atoms with Gasteiger partial charge in [0.1, 0.15) is 18.5 Å². The van der Waals surface area contributed by atoms with E-state index in [1.807, 2.05) is 48.5 Å². The fourth-order valence-corrected chi connectivity index (χ4v) is 7.60. The zero-order valence-corrected chi connectivity index (χ0v) is 25.3. The van der Waals surface area contributed by atoms with E-state index in [9.17, 15) is 4.79 Å². The smallest absolute Gasteiger partial charge is 0.320 e. The summed E-state index contributed by atoms with van der Waals surface area (Å²) >= 11 is 6.67. The zero-order chi connectivity index (χ0) is 30.3. The molecule has 10 heteroatoms. The third-order valence-corrected chi connectivity index (χ3v) is 9.79. The molecule has 0 saturated carbocycles. The summed E-state index contributed by atoms with van der Waals surface area (Å²) < 4.78 is 6.44. The van der Waals surface area contributed by atoms with Crippen molar-refractivity contribution >= 4 is 45.1 Å². The number of ether oxygens (including phenoxy) is 1. The minimum atomic E-state index is -0.282. The summed E-state index contributed by atoms with van der Waals surface area (Å²) in [7, 11) is 0. The zero-order valence-electron chi connectivity index (χ0n) is 24.6. The topological polar surface area (TPSA) is 79.1 Å². The number of amides is 1. The predicted octanol–water partition coefficient (Wildman–Crippen LogP) is 5.63. The number of nitrogens with zero attached hydrogens (tertiary/aromatic N) is 7. The minimum absolute atomic E-state index is 0.0465. The number of anilines is 1. The molecule has 9 nitrogen and oxygen atoms in total. The molecule has 2 aromatic heterocycles. The molecule has 0 bridgehead atoms. The summed E-state index contributed by atoms with van der Waals surface area (Å²) in [6.07, 6.45) is 5.92. The van der Waals surface area contributed by atoms with Gasteiger partial charge in [-0.05, 0) is 68.4 Å². The number of halogens is 1. The van der Waals surface area contributed by atoms with Gasteiger partial charge in [0, 0.05) is 35.6 Å². The Labute approximate surface area is 261 Å². The fraction of sp³-hybridized carbons (Fsp3) is 0.382. The average Bonchev–Trinajstić information content (AvgIpc) is 3.63. The van der Waals surface area contributed by atoms with Gasteiger partial charge in [0.15, 0.2) is 5.65 Å². The number of hydrogen-bond donors (Lipinski definition) is 0. The first-order chi connectivity index (χ1) is 21.5. The lowest BCUT2D eigenvalue weighted by atomic mass is 9.95. The van der Waals surface area contributed by atoms with Crippen LogP contribution >= 0.6 is 11.6 Å². The maximum absolute atomic E-state index is 12.6. The van der Waals surface area contributed by atoms with E-state index >= 15 is 0 Å². The molecule has 0 spiro atoms. The SMILES string of the molecule is [C-]#[N+]C[C@H]1CN(c2nc(OCC34CCCN3CCC4)nc3nc(-c4cccc5cccc(Cl)c45)ccc23)CCN1C(=O)C=C. The van der Waals surface area contributed by atoms with Crippen molar-refractivity contribution in [2.75, 3.05) is 50.8 Å². The molecule has 0 unspecified atom stereocenters. The Hall–Kier alpha value is -4.26. The molecule has 3 aliphatic rings. The van der Waals surface area contributed by atoms with Crippen LogP contribution in [0, 0.1) is 6.57 Å². The maximum Gasteiger partial charge on any atom is 0.320 e. The molecular weight excluding hydrogens is 574 g/mol. The van der Waals surface area contributed by atoms with Crippen LogP contribution in [-0.4, -0.2) is 88.1 Å². The molecule has 1 amide bonds. The molecule has 224 valence electrons. The van der Waals surface area contributed by atoms with Crippen LogP contribution < -0.4 is 9.64 Å². The molecule has 4 aromatic rings. The van der Waals surface area contributed by atoms with Crippen LogP contribution in [0.2, 0.25) is 5.02 Å². The Bertz CT molecular complexity index is 1790. The third-order valence-electron chi connectivity index (χ3n) is 9.47. The number of pyridine rings is 1. The van der Waals surface area contributed by atoms with Crippen LogP contribution in [0.5, 0.6) is 6.01 Å². The Morgan fingerprint density at radius 3 is 2.64 bits per heavy atom. The number of hydrogen-bond acceptors (Lipinski definition) is 7. The first-order valence-electron chi connectivity index (χ1n) is 15.3. The molecule has 3 aliphatic heterocycles. The van der Waals surface area contributed by atoms with Crippen LogP contribution in [-0.2, 0) is 4.79 Å². The Morgan fingerprint density at radius 2 is 1.86 bits per heavy atom. The van der Waals surface area contributed by atoms with Gasteiger partial charge in [-0.2, -0.15) is 9.97 Å². The molecule has 3 fully saturated rings. The molecule has 3 saturated heterocycles. The maximum atomic E-state index is 12.6. The van der Waals surface area contributed by atoms with E-state index in [1.165, 1.54) is 18.9 Å². The fourth-order valence-electron chi connectivity index (χ4n) is 7.32. The number of aromatic nitrogens is 3. The summed E-state index contributed by atoms with van der Waals surface area (Å²) in [6, 6.07) is 16.0. The number of carbonyl (C=O) groups is 1. The monoisotopic (exact) mass is 607 g/mol. The van der Waals surface area contributed by atoms with Crippen molar-refractivity contribution in [2.45, 2.75) is 37.3 Å². The average molecular weight is 608 g/mol. The first-order valence-corrected chi connectivity index (χ1v) is 15.6.